The quantitative estimate of drug-likeness (QED) is 0.0577. The van der Waals surface area contributed by atoms with Gasteiger partial charge in [-0.25, -0.2) is 0 Å². The van der Waals surface area contributed by atoms with Gasteiger partial charge in [-0.3, -0.25) is 24.0 Å². The van der Waals surface area contributed by atoms with Crippen LogP contribution < -0.4 is 11.1 Å². The van der Waals surface area contributed by atoms with E-state index in [4.69, 9.17) is 10.5 Å². The summed E-state index contributed by atoms with van der Waals surface area (Å²) in [5.41, 5.74) is 5.71. The number of carbonyl (C=O) groups excluding carboxylic acids is 5. The number of ether oxygens (including phenoxy) is 1. The fourth-order valence-electron chi connectivity index (χ4n) is 9.95. The standard InChI is InChI=1S/C62H122N6O6/c1-6-10-14-18-22-26-30-34-38-42-48-65(54-58(63)69)60(71)56-67(50-44-40-36-32-28-24-20-16-12-8-3)62(73)57-68(51-45-41-37-33-29-25-21-17-13-9-4)61(72)55-66(59(70)53-64-47-46-52-74-5)49-43-39-35-31-27-23-19-15-11-7-2/h64H,6-57H2,1-5H3,(H2,63,69). The van der Waals surface area contributed by atoms with E-state index in [0.717, 1.165) is 96.3 Å². The summed E-state index contributed by atoms with van der Waals surface area (Å²) in [6, 6.07) is 0. The number of unbranched alkanes of at least 4 members (excludes halogenated alkanes) is 36. The summed E-state index contributed by atoms with van der Waals surface area (Å²) in [6.07, 6.45) is 47.3. The van der Waals surface area contributed by atoms with Crippen molar-refractivity contribution in [3.05, 3.63) is 0 Å². The predicted octanol–water partition coefficient (Wildman–Crippen LogP) is 14.1. The van der Waals surface area contributed by atoms with Crippen LogP contribution in [0.15, 0.2) is 0 Å². The number of amides is 5. The average molecular weight is 1050 g/mol. The first-order valence-corrected chi connectivity index (χ1v) is 31.7. The number of primary amides is 1. The van der Waals surface area contributed by atoms with Crippen LogP contribution in [0.4, 0.5) is 0 Å². The first kappa shape index (κ1) is 71.3. The number of methoxy groups -OCH3 is 1. The van der Waals surface area contributed by atoms with Gasteiger partial charge in [-0.2, -0.15) is 0 Å². The second kappa shape index (κ2) is 55.0. The first-order chi connectivity index (χ1) is 36.1. The van der Waals surface area contributed by atoms with Gasteiger partial charge in [0.05, 0.1) is 32.7 Å². The SMILES string of the molecule is CCCCCCCCCCCCN(CC(N)=O)C(=O)CN(CCCCCCCCCCCC)C(=O)CN(CCCCCCCCCCCC)C(=O)CN(CCCCCCCCCCCC)C(=O)CNCCCOC. The summed E-state index contributed by atoms with van der Waals surface area (Å²) in [4.78, 5) is 76.0. The lowest BCUT2D eigenvalue weighted by atomic mass is 10.1. The summed E-state index contributed by atoms with van der Waals surface area (Å²) in [6.45, 7) is 11.5. The van der Waals surface area contributed by atoms with Gasteiger partial charge in [0.1, 0.15) is 0 Å². The third-order valence-corrected chi connectivity index (χ3v) is 14.8. The number of hydrogen-bond donors (Lipinski definition) is 2. The summed E-state index contributed by atoms with van der Waals surface area (Å²) in [5.74, 6) is -1.44. The van der Waals surface area contributed by atoms with E-state index >= 15 is 0 Å². The van der Waals surface area contributed by atoms with Crippen LogP contribution in [0, 0.1) is 0 Å². The van der Waals surface area contributed by atoms with Crippen LogP contribution >= 0.6 is 0 Å². The van der Waals surface area contributed by atoms with E-state index in [1.54, 1.807) is 26.7 Å². The van der Waals surface area contributed by atoms with Gasteiger partial charge in [0.2, 0.25) is 29.5 Å². The molecule has 0 unspecified atom stereocenters. The van der Waals surface area contributed by atoms with Crippen molar-refractivity contribution in [2.45, 2.75) is 291 Å². The van der Waals surface area contributed by atoms with Crippen molar-refractivity contribution in [1.82, 2.24) is 24.9 Å². The summed E-state index contributed by atoms with van der Waals surface area (Å²) in [7, 11) is 1.67. The van der Waals surface area contributed by atoms with Gasteiger partial charge in [-0.1, -0.05) is 259 Å². The van der Waals surface area contributed by atoms with E-state index in [9.17, 15) is 24.0 Å². The molecule has 0 fully saturated rings. The van der Waals surface area contributed by atoms with Gasteiger partial charge in [-0.15, -0.1) is 0 Å². The van der Waals surface area contributed by atoms with Crippen LogP contribution in [0.3, 0.4) is 0 Å². The van der Waals surface area contributed by atoms with Crippen LogP contribution in [0.2, 0.25) is 0 Å². The van der Waals surface area contributed by atoms with Crippen molar-refractivity contribution in [3.63, 3.8) is 0 Å². The Morgan fingerprint density at radius 3 is 0.797 bits per heavy atom. The van der Waals surface area contributed by atoms with Gasteiger partial charge >= 0.3 is 0 Å². The lowest BCUT2D eigenvalue weighted by Gasteiger charge is -2.31. The van der Waals surface area contributed by atoms with E-state index in [1.165, 1.54) is 167 Å². The van der Waals surface area contributed by atoms with Gasteiger partial charge in [-0.05, 0) is 38.6 Å². The van der Waals surface area contributed by atoms with Crippen LogP contribution in [-0.4, -0.2) is 128 Å². The minimum Gasteiger partial charge on any atom is -0.385 e. The molecule has 0 aliphatic carbocycles. The van der Waals surface area contributed by atoms with E-state index < -0.39 is 5.91 Å². The Balaban J connectivity index is 6.23. The fourth-order valence-corrected chi connectivity index (χ4v) is 9.95. The molecule has 0 aromatic carbocycles. The minimum atomic E-state index is -0.562. The van der Waals surface area contributed by atoms with Crippen LogP contribution in [0.25, 0.3) is 0 Å². The molecular formula is C62H122N6O6. The molecule has 0 spiro atoms. The monoisotopic (exact) mass is 1050 g/mol. The average Bonchev–Trinajstić information content (AvgIpc) is 3.38. The second-order valence-electron chi connectivity index (χ2n) is 22.0. The molecule has 0 saturated heterocycles. The number of rotatable bonds is 58. The van der Waals surface area contributed by atoms with Gasteiger partial charge in [0.25, 0.3) is 0 Å². The lowest BCUT2D eigenvalue weighted by molar-refractivity contribution is -0.146. The molecule has 0 atom stereocenters. The van der Waals surface area contributed by atoms with E-state index in [1.807, 2.05) is 0 Å². The normalized spacial score (nSPS) is 11.3. The highest BCUT2D eigenvalue weighted by Gasteiger charge is 2.27. The maximum atomic E-state index is 14.6. The number of carbonyl (C=O) groups is 5. The molecule has 0 aromatic heterocycles. The highest BCUT2D eigenvalue weighted by molar-refractivity contribution is 5.91. The molecule has 5 amide bonds. The summed E-state index contributed by atoms with van der Waals surface area (Å²) in [5, 5.41) is 3.26. The van der Waals surface area contributed by atoms with Crippen molar-refractivity contribution in [1.29, 1.82) is 0 Å². The Morgan fingerprint density at radius 1 is 0.324 bits per heavy atom. The summed E-state index contributed by atoms with van der Waals surface area (Å²) >= 11 is 0. The Labute approximate surface area is 457 Å². The van der Waals surface area contributed by atoms with Gasteiger partial charge in [0, 0.05) is 39.9 Å². The molecule has 0 heterocycles. The maximum absolute atomic E-state index is 14.6. The zero-order chi connectivity index (χ0) is 54.4. The van der Waals surface area contributed by atoms with E-state index in [0.29, 0.717) is 39.3 Å². The molecule has 12 nitrogen and oxygen atoms in total. The van der Waals surface area contributed by atoms with Crippen molar-refractivity contribution in [3.8, 4) is 0 Å². The molecule has 0 radical (unpaired) electrons. The maximum Gasteiger partial charge on any atom is 0.242 e. The number of hydrogen-bond acceptors (Lipinski definition) is 7. The smallest absolute Gasteiger partial charge is 0.242 e. The minimum absolute atomic E-state index is 0.0797. The van der Waals surface area contributed by atoms with Crippen LogP contribution in [0.5, 0.6) is 0 Å². The molecule has 12 heteroatoms. The second-order valence-corrected chi connectivity index (χ2v) is 22.0. The van der Waals surface area contributed by atoms with E-state index in [2.05, 4.69) is 33.0 Å². The molecule has 0 aliphatic rings. The zero-order valence-corrected chi connectivity index (χ0v) is 49.6. The number of nitrogens with one attached hydrogen (secondary N) is 1. The van der Waals surface area contributed by atoms with Gasteiger partial charge in [0.15, 0.2) is 0 Å². The Bertz CT molecular complexity index is 1300. The Hall–Kier alpha value is -2.73. The Kier molecular flexibility index (Phi) is 53.0. The first-order valence-electron chi connectivity index (χ1n) is 31.7. The number of nitrogens with zero attached hydrogens (tertiary/aromatic N) is 4. The highest BCUT2D eigenvalue weighted by Crippen LogP contribution is 2.16. The molecule has 0 aromatic rings. The van der Waals surface area contributed by atoms with Crippen molar-refractivity contribution >= 4 is 29.5 Å². The molecule has 0 rings (SSSR count). The van der Waals surface area contributed by atoms with Crippen LogP contribution in [-0.2, 0) is 28.7 Å². The Morgan fingerprint density at radius 2 is 0.554 bits per heavy atom. The molecule has 0 bridgehead atoms. The van der Waals surface area contributed by atoms with Crippen molar-refractivity contribution < 1.29 is 28.7 Å². The molecule has 74 heavy (non-hydrogen) atoms. The molecule has 0 aliphatic heterocycles. The predicted molar refractivity (Wildman–Crippen MR) is 312 cm³/mol. The number of nitrogens with two attached hydrogens (primary N) is 1. The highest BCUT2D eigenvalue weighted by atomic mass is 16.5. The topological polar surface area (TPSA) is 146 Å². The van der Waals surface area contributed by atoms with Crippen molar-refractivity contribution in [2.24, 2.45) is 5.73 Å². The lowest BCUT2D eigenvalue weighted by Crippen LogP contribution is -2.51. The third-order valence-electron chi connectivity index (χ3n) is 14.8. The third kappa shape index (κ3) is 45.5. The molecule has 436 valence electrons. The van der Waals surface area contributed by atoms with E-state index in [-0.39, 0.29) is 56.4 Å². The largest absolute Gasteiger partial charge is 0.385 e. The van der Waals surface area contributed by atoms with Gasteiger partial charge < -0.3 is 35.4 Å². The molecule has 3 N–H and O–H groups in total. The molecule has 0 saturated carbocycles. The fraction of sp³-hybridized carbons (Fsp3) is 0.919. The van der Waals surface area contributed by atoms with Crippen LogP contribution in [0.1, 0.15) is 291 Å². The van der Waals surface area contributed by atoms with Crippen molar-refractivity contribution in [2.75, 3.05) is 79.2 Å². The summed E-state index contributed by atoms with van der Waals surface area (Å²) < 4.78 is 5.21. The zero-order valence-electron chi connectivity index (χ0n) is 49.6. The molecular weight excluding hydrogens is 925 g/mol.